The molecule has 0 bridgehead atoms. The highest BCUT2D eigenvalue weighted by Crippen LogP contribution is 2.03. The van der Waals surface area contributed by atoms with Gasteiger partial charge >= 0.3 is 0 Å². The highest BCUT2D eigenvalue weighted by Gasteiger charge is 2.02. The van der Waals surface area contributed by atoms with Gasteiger partial charge in [-0.2, -0.15) is 0 Å². The summed E-state index contributed by atoms with van der Waals surface area (Å²) in [4.78, 5) is 10.6. The average molecular weight is 289 g/mol. The van der Waals surface area contributed by atoms with Crippen molar-refractivity contribution in [2.24, 2.45) is 0 Å². The quantitative estimate of drug-likeness (QED) is 0.681. The fraction of sp³-hybridized carbons (Fsp3) is 0.417. The van der Waals surface area contributed by atoms with Crippen LogP contribution in [0.5, 0.6) is 0 Å². The molecule has 0 unspecified atom stereocenters. The molecule has 16 heavy (non-hydrogen) atoms. The fourth-order valence-electron chi connectivity index (χ4n) is 0.869. The van der Waals surface area contributed by atoms with Gasteiger partial charge < -0.3 is 9.59 Å². The molecule has 0 saturated carbocycles. The Balaban J connectivity index is 0.000000293. The normalized spacial score (nSPS) is 10.3. The molecule has 0 fully saturated rings. The molecule has 0 aliphatic carbocycles. The van der Waals surface area contributed by atoms with E-state index in [1.54, 1.807) is 12.1 Å². The van der Waals surface area contributed by atoms with Crippen LogP contribution in [-0.2, 0) is 0 Å². The van der Waals surface area contributed by atoms with Crippen LogP contribution in [0.4, 0.5) is 0 Å². The van der Waals surface area contributed by atoms with Crippen molar-refractivity contribution in [1.82, 2.24) is 0 Å². The van der Waals surface area contributed by atoms with Crippen LogP contribution in [0.15, 0.2) is 30.3 Å². The van der Waals surface area contributed by atoms with E-state index in [9.17, 15) is 4.79 Å². The van der Waals surface area contributed by atoms with Gasteiger partial charge in [0.15, 0.2) is 0 Å². The molecule has 1 aromatic rings. The Morgan fingerprint density at radius 2 is 1.75 bits per heavy atom. The number of aliphatic hydroxyl groups excluding tert-OH is 1. The maximum absolute atomic E-state index is 10.6. The third-order valence-corrected chi connectivity index (χ3v) is 2.23. The van der Waals surface area contributed by atoms with Crippen LogP contribution in [0.1, 0.15) is 10.4 Å². The van der Waals surface area contributed by atoms with E-state index in [2.05, 4.69) is 37.1 Å². The van der Waals surface area contributed by atoms with Gasteiger partial charge in [-0.05, 0) is 15.9 Å². The molecule has 90 valence electrons. The highest BCUT2D eigenvalue weighted by atomic mass is 79.9. The predicted octanol–water partition coefficient (Wildman–Crippen LogP) is 1.91. The number of hydrogen-bond acceptors (Lipinski definition) is 2. The van der Waals surface area contributed by atoms with Crippen molar-refractivity contribution in [2.45, 2.75) is 0 Å². The van der Waals surface area contributed by atoms with Crippen molar-refractivity contribution in [3.63, 3.8) is 0 Å². The first-order valence-corrected chi connectivity index (χ1v) is 5.82. The van der Waals surface area contributed by atoms with E-state index in [-0.39, 0.29) is 11.3 Å². The van der Waals surface area contributed by atoms with Crippen molar-refractivity contribution in [2.75, 3.05) is 34.3 Å². The molecule has 0 aliphatic heterocycles. The lowest BCUT2D eigenvalue weighted by Gasteiger charge is -2.21. The number of hydrogen-bond donors (Lipinski definition) is 1. The lowest BCUT2D eigenvalue weighted by atomic mass is 10.2. The van der Waals surface area contributed by atoms with Crippen molar-refractivity contribution in [3.8, 4) is 0 Å². The zero-order valence-electron chi connectivity index (χ0n) is 9.98. The molecule has 0 heterocycles. The summed E-state index contributed by atoms with van der Waals surface area (Å²) < 4.78 is 0.777. The lowest BCUT2D eigenvalue weighted by molar-refractivity contribution is -0.870. The van der Waals surface area contributed by atoms with Crippen LogP contribution in [0.2, 0.25) is 0 Å². The Kier molecular flexibility index (Phi) is 7.21. The van der Waals surface area contributed by atoms with E-state index in [4.69, 9.17) is 5.11 Å². The summed E-state index contributed by atoms with van der Waals surface area (Å²) >= 11 is 2.84. The number of nitrogens with zero attached hydrogens (tertiary/aromatic N) is 1. The van der Waals surface area contributed by atoms with E-state index >= 15 is 0 Å². The number of quaternary nitrogens is 1. The molecule has 4 heteroatoms. The molecule has 1 rings (SSSR count). The SMILES string of the molecule is C[N+](C)(C)CCO.O=C(Br)c1ccccc1. The Labute approximate surface area is 105 Å². The van der Waals surface area contributed by atoms with Gasteiger partial charge in [0.05, 0.1) is 27.7 Å². The van der Waals surface area contributed by atoms with Gasteiger partial charge in [0.1, 0.15) is 6.54 Å². The predicted molar refractivity (Wildman–Crippen MR) is 69.7 cm³/mol. The van der Waals surface area contributed by atoms with Gasteiger partial charge in [0.2, 0.25) is 4.69 Å². The first-order valence-electron chi connectivity index (χ1n) is 5.03. The van der Waals surface area contributed by atoms with Gasteiger partial charge in [-0.15, -0.1) is 0 Å². The first-order chi connectivity index (χ1) is 7.37. The van der Waals surface area contributed by atoms with E-state index in [1.807, 2.05) is 18.2 Å². The molecule has 0 aromatic heterocycles. The second-order valence-electron chi connectivity index (χ2n) is 4.38. The second-order valence-corrected chi connectivity index (χ2v) is 5.10. The van der Waals surface area contributed by atoms with E-state index in [0.29, 0.717) is 5.56 Å². The second kappa shape index (κ2) is 7.54. The monoisotopic (exact) mass is 288 g/mol. The van der Waals surface area contributed by atoms with Crippen molar-refractivity contribution >= 4 is 20.6 Å². The minimum absolute atomic E-state index is 0.0666. The van der Waals surface area contributed by atoms with Crippen molar-refractivity contribution in [1.29, 1.82) is 0 Å². The highest BCUT2D eigenvalue weighted by molar-refractivity contribution is 9.18. The topological polar surface area (TPSA) is 37.3 Å². The van der Waals surface area contributed by atoms with Crippen LogP contribution in [-0.4, -0.2) is 48.6 Å². The first kappa shape index (κ1) is 15.3. The molecule has 0 radical (unpaired) electrons. The number of likely N-dealkylation sites (N-methyl/N-ethyl adjacent to an activating group) is 1. The van der Waals surface area contributed by atoms with Gasteiger partial charge in [-0.25, -0.2) is 0 Å². The summed E-state index contributed by atoms with van der Waals surface area (Å²) in [6, 6.07) is 9.05. The average Bonchev–Trinajstić information content (AvgIpc) is 2.18. The zero-order chi connectivity index (χ0) is 12.6. The van der Waals surface area contributed by atoms with Crippen molar-refractivity contribution in [3.05, 3.63) is 35.9 Å². The van der Waals surface area contributed by atoms with Gasteiger partial charge in [-0.1, -0.05) is 30.3 Å². The molecule has 3 nitrogen and oxygen atoms in total. The minimum Gasteiger partial charge on any atom is -0.391 e. The largest absolute Gasteiger partial charge is 0.391 e. The van der Waals surface area contributed by atoms with Crippen LogP contribution in [0.25, 0.3) is 0 Å². The summed E-state index contributed by atoms with van der Waals surface area (Å²) in [7, 11) is 6.16. The molecule has 0 atom stereocenters. The number of carbonyl (C=O) groups is 1. The fourth-order valence-corrected chi connectivity index (χ4v) is 1.13. The minimum atomic E-state index is -0.0666. The van der Waals surface area contributed by atoms with Crippen molar-refractivity contribution < 1.29 is 14.4 Å². The molecule has 0 saturated heterocycles. The van der Waals surface area contributed by atoms with Crippen LogP contribution in [0, 0.1) is 0 Å². The molecular formula is C12H19BrNO2+. The smallest absolute Gasteiger partial charge is 0.228 e. The molecular weight excluding hydrogens is 270 g/mol. The standard InChI is InChI=1S/C7H5BrO.C5H14NO/c8-7(9)6-4-2-1-3-5-6;1-6(2,3)4-5-7/h1-5H;7H,4-5H2,1-3H3/q;+1. The Morgan fingerprint density at radius 3 is 1.94 bits per heavy atom. The number of benzene rings is 1. The molecule has 0 aliphatic rings. The molecule has 0 spiro atoms. The maximum Gasteiger partial charge on any atom is 0.228 e. The molecule has 1 aromatic carbocycles. The summed E-state index contributed by atoms with van der Waals surface area (Å²) in [5, 5.41) is 8.39. The number of halogens is 1. The van der Waals surface area contributed by atoms with E-state index in [0.717, 1.165) is 11.0 Å². The number of rotatable bonds is 3. The summed E-state index contributed by atoms with van der Waals surface area (Å²) in [5.41, 5.74) is 0.692. The number of carbonyl (C=O) groups excluding carboxylic acids is 1. The molecule has 0 amide bonds. The maximum atomic E-state index is 10.6. The Bertz CT molecular complexity index is 307. The van der Waals surface area contributed by atoms with E-state index < -0.39 is 0 Å². The van der Waals surface area contributed by atoms with Crippen LogP contribution in [0.3, 0.4) is 0 Å². The third kappa shape index (κ3) is 8.59. The molecule has 1 N–H and O–H groups in total. The van der Waals surface area contributed by atoms with E-state index in [1.165, 1.54) is 0 Å². The number of aliphatic hydroxyl groups is 1. The van der Waals surface area contributed by atoms with Crippen LogP contribution < -0.4 is 0 Å². The third-order valence-electron chi connectivity index (χ3n) is 1.77. The Hall–Kier alpha value is -0.710. The summed E-state index contributed by atoms with van der Waals surface area (Å²) in [5.74, 6) is 0. The summed E-state index contributed by atoms with van der Waals surface area (Å²) in [6.07, 6.45) is 0. The van der Waals surface area contributed by atoms with Gasteiger partial charge in [0, 0.05) is 5.56 Å². The Morgan fingerprint density at radius 1 is 1.25 bits per heavy atom. The van der Waals surface area contributed by atoms with Crippen LogP contribution >= 0.6 is 15.9 Å². The lowest BCUT2D eigenvalue weighted by Crippen LogP contribution is -2.36. The van der Waals surface area contributed by atoms with Gasteiger partial charge in [-0.3, -0.25) is 4.79 Å². The zero-order valence-corrected chi connectivity index (χ0v) is 11.6. The van der Waals surface area contributed by atoms with Gasteiger partial charge in [0.25, 0.3) is 0 Å². The summed E-state index contributed by atoms with van der Waals surface area (Å²) in [6.45, 7) is 1.11.